The lowest BCUT2D eigenvalue weighted by Gasteiger charge is -2.10. The van der Waals surface area contributed by atoms with E-state index in [9.17, 15) is 13.6 Å². The summed E-state index contributed by atoms with van der Waals surface area (Å²) in [5.74, 6) is -1.06. The van der Waals surface area contributed by atoms with Crippen LogP contribution in [0.25, 0.3) is 22.4 Å². The summed E-state index contributed by atoms with van der Waals surface area (Å²) in [6.45, 7) is 0.597. The molecule has 2 N–H and O–H groups in total. The van der Waals surface area contributed by atoms with Crippen molar-refractivity contribution >= 4 is 22.6 Å². The van der Waals surface area contributed by atoms with Gasteiger partial charge in [0, 0.05) is 12.3 Å². The molecule has 1 aromatic heterocycles. The molecule has 0 spiro atoms. The lowest BCUT2D eigenvalue weighted by atomic mass is 10.2. The molecule has 2 heterocycles. The SMILES string of the molecule is O=C(Nc1ccc2nc(-c3cc(F)ccc3F)[nH]c2c1)[C@H]1CCCO1. The molecule has 5 nitrogen and oxygen atoms in total. The molecule has 1 fully saturated rings. The molecule has 1 saturated heterocycles. The fourth-order valence-electron chi connectivity index (χ4n) is 2.90. The predicted octanol–water partition coefficient (Wildman–Crippen LogP) is 3.63. The van der Waals surface area contributed by atoms with Gasteiger partial charge < -0.3 is 15.0 Å². The highest BCUT2D eigenvalue weighted by Gasteiger charge is 2.23. The van der Waals surface area contributed by atoms with Gasteiger partial charge in [-0.05, 0) is 49.2 Å². The summed E-state index contributed by atoms with van der Waals surface area (Å²) in [5, 5.41) is 2.80. The third-order valence-corrected chi connectivity index (χ3v) is 4.16. The van der Waals surface area contributed by atoms with Crippen LogP contribution in [0.4, 0.5) is 14.5 Å². The van der Waals surface area contributed by atoms with Gasteiger partial charge in [-0.1, -0.05) is 0 Å². The Bertz CT molecular complexity index is 949. The Morgan fingerprint density at radius 3 is 2.92 bits per heavy atom. The number of hydrogen-bond acceptors (Lipinski definition) is 3. The average Bonchev–Trinajstić information content (AvgIpc) is 3.26. The van der Waals surface area contributed by atoms with E-state index >= 15 is 0 Å². The highest BCUT2D eigenvalue weighted by Crippen LogP contribution is 2.26. The number of amides is 1. The van der Waals surface area contributed by atoms with Gasteiger partial charge in [0.15, 0.2) is 0 Å². The molecule has 128 valence electrons. The van der Waals surface area contributed by atoms with Crippen molar-refractivity contribution in [3.63, 3.8) is 0 Å². The third-order valence-electron chi connectivity index (χ3n) is 4.16. The van der Waals surface area contributed by atoms with Gasteiger partial charge in [-0.25, -0.2) is 13.8 Å². The molecule has 1 aliphatic heterocycles. The molecule has 25 heavy (non-hydrogen) atoms. The van der Waals surface area contributed by atoms with Crippen molar-refractivity contribution in [3.8, 4) is 11.4 Å². The first-order chi connectivity index (χ1) is 12.1. The number of fused-ring (bicyclic) bond motifs is 1. The molecule has 1 amide bonds. The summed E-state index contributed by atoms with van der Waals surface area (Å²) >= 11 is 0. The molecule has 3 aromatic rings. The maximum atomic E-state index is 13.9. The lowest BCUT2D eigenvalue weighted by molar-refractivity contribution is -0.124. The number of hydrogen-bond donors (Lipinski definition) is 2. The molecule has 0 radical (unpaired) electrons. The highest BCUT2D eigenvalue weighted by atomic mass is 19.1. The van der Waals surface area contributed by atoms with Crippen LogP contribution in [0.15, 0.2) is 36.4 Å². The van der Waals surface area contributed by atoms with Gasteiger partial charge in [-0.3, -0.25) is 4.79 Å². The van der Waals surface area contributed by atoms with Gasteiger partial charge in [0.25, 0.3) is 5.91 Å². The summed E-state index contributed by atoms with van der Waals surface area (Å²) in [6.07, 6.45) is 1.16. The first-order valence-corrected chi connectivity index (χ1v) is 7.98. The first kappa shape index (κ1) is 15.7. The smallest absolute Gasteiger partial charge is 0.253 e. The minimum atomic E-state index is -0.563. The maximum absolute atomic E-state index is 13.9. The second kappa shape index (κ2) is 6.25. The van der Waals surface area contributed by atoms with Gasteiger partial charge in [-0.15, -0.1) is 0 Å². The van der Waals surface area contributed by atoms with Crippen molar-refractivity contribution in [3.05, 3.63) is 48.0 Å². The van der Waals surface area contributed by atoms with Crippen molar-refractivity contribution in [2.45, 2.75) is 18.9 Å². The van der Waals surface area contributed by atoms with Crippen molar-refractivity contribution in [1.29, 1.82) is 0 Å². The van der Waals surface area contributed by atoms with Crippen molar-refractivity contribution < 1.29 is 18.3 Å². The number of carbonyl (C=O) groups excluding carboxylic acids is 1. The zero-order valence-electron chi connectivity index (χ0n) is 13.2. The van der Waals surface area contributed by atoms with Crippen LogP contribution >= 0.6 is 0 Å². The predicted molar refractivity (Wildman–Crippen MR) is 89.0 cm³/mol. The molecular formula is C18H15F2N3O2. The maximum Gasteiger partial charge on any atom is 0.253 e. The van der Waals surface area contributed by atoms with Crippen LogP contribution in [0.3, 0.4) is 0 Å². The summed E-state index contributed by atoms with van der Waals surface area (Å²) in [7, 11) is 0. The van der Waals surface area contributed by atoms with Crippen LogP contribution in [0, 0.1) is 11.6 Å². The molecule has 0 aliphatic carbocycles. The second-order valence-corrected chi connectivity index (χ2v) is 5.93. The van der Waals surface area contributed by atoms with E-state index in [1.165, 1.54) is 0 Å². The Labute approximate surface area is 142 Å². The Kier molecular flexibility index (Phi) is 3.93. The van der Waals surface area contributed by atoms with Crippen LogP contribution < -0.4 is 5.32 Å². The topological polar surface area (TPSA) is 67.0 Å². The van der Waals surface area contributed by atoms with E-state index in [0.29, 0.717) is 29.7 Å². The van der Waals surface area contributed by atoms with E-state index in [1.54, 1.807) is 18.2 Å². The van der Waals surface area contributed by atoms with Crippen LogP contribution in [0.2, 0.25) is 0 Å². The molecule has 4 rings (SSSR count). The number of rotatable bonds is 3. The number of nitrogens with zero attached hydrogens (tertiary/aromatic N) is 1. The molecule has 0 bridgehead atoms. The number of carbonyl (C=O) groups is 1. The number of anilines is 1. The monoisotopic (exact) mass is 343 g/mol. The van der Waals surface area contributed by atoms with Crippen LogP contribution in [0.5, 0.6) is 0 Å². The van der Waals surface area contributed by atoms with Crippen molar-refractivity contribution in [2.75, 3.05) is 11.9 Å². The first-order valence-electron chi connectivity index (χ1n) is 7.98. The van der Waals surface area contributed by atoms with Crippen LogP contribution in [0.1, 0.15) is 12.8 Å². The Hall–Kier alpha value is -2.80. The third kappa shape index (κ3) is 3.10. The second-order valence-electron chi connectivity index (χ2n) is 5.93. The normalized spacial score (nSPS) is 17.1. The number of aromatic nitrogens is 2. The standard InChI is InChI=1S/C18H15F2N3O2/c19-10-3-5-13(20)12(8-10)17-22-14-6-4-11(9-15(14)23-17)21-18(24)16-2-1-7-25-16/h3-6,8-9,16H,1-2,7H2,(H,21,24)(H,22,23)/t16-/m1/s1. The zero-order valence-corrected chi connectivity index (χ0v) is 13.2. The Morgan fingerprint density at radius 2 is 2.12 bits per heavy atom. The minimum Gasteiger partial charge on any atom is -0.368 e. The fraction of sp³-hybridized carbons (Fsp3) is 0.222. The Morgan fingerprint density at radius 1 is 1.24 bits per heavy atom. The van der Waals surface area contributed by atoms with E-state index in [1.807, 2.05) is 0 Å². The van der Waals surface area contributed by atoms with Crippen molar-refractivity contribution in [1.82, 2.24) is 9.97 Å². The van der Waals surface area contributed by atoms with Gasteiger partial charge in [0.1, 0.15) is 23.6 Å². The van der Waals surface area contributed by atoms with E-state index in [4.69, 9.17) is 4.74 Å². The largest absolute Gasteiger partial charge is 0.368 e. The van der Waals surface area contributed by atoms with Gasteiger partial charge in [-0.2, -0.15) is 0 Å². The molecule has 7 heteroatoms. The molecule has 2 aromatic carbocycles. The highest BCUT2D eigenvalue weighted by molar-refractivity contribution is 5.96. The summed E-state index contributed by atoms with van der Waals surface area (Å²) in [4.78, 5) is 19.4. The zero-order chi connectivity index (χ0) is 17.4. The number of imidazole rings is 1. The number of benzene rings is 2. The lowest BCUT2D eigenvalue weighted by Crippen LogP contribution is -2.26. The van der Waals surface area contributed by atoms with E-state index in [-0.39, 0.29) is 17.3 Å². The van der Waals surface area contributed by atoms with E-state index < -0.39 is 17.7 Å². The molecule has 1 aliphatic rings. The van der Waals surface area contributed by atoms with Gasteiger partial charge in [0.05, 0.1) is 16.6 Å². The molecular weight excluding hydrogens is 328 g/mol. The molecule has 1 atom stereocenters. The van der Waals surface area contributed by atoms with E-state index in [0.717, 1.165) is 24.6 Å². The quantitative estimate of drug-likeness (QED) is 0.763. The molecule has 0 saturated carbocycles. The molecule has 0 unspecified atom stereocenters. The number of nitrogens with one attached hydrogen (secondary N) is 2. The van der Waals surface area contributed by atoms with Crippen molar-refractivity contribution in [2.24, 2.45) is 0 Å². The number of ether oxygens (including phenoxy) is 1. The van der Waals surface area contributed by atoms with Crippen LogP contribution in [-0.4, -0.2) is 28.6 Å². The Balaban J connectivity index is 1.63. The summed E-state index contributed by atoms with van der Waals surface area (Å²) in [5.41, 5.74) is 1.85. The fourth-order valence-corrected chi connectivity index (χ4v) is 2.90. The van der Waals surface area contributed by atoms with E-state index in [2.05, 4.69) is 15.3 Å². The summed E-state index contributed by atoms with van der Waals surface area (Å²) in [6, 6.07) is 8.33. The van der Waals surface area contributed by atoms with Crippen LogP contribution in [-0.2, 0) is 9.53 Å². The summed E-state index contributed by atoms with van der Waals surface area (Å²) < 4.78 is 32.6. The number of halogens is 2. The average molecular weight is 343 g/mol. The minimum absolute atomic E-state index is 0.0566. The van der Waals surface area contributed by atoms with Gasteiger partial charge in [0.2, 0.25) is 0 Å². The number of aromatic amines is 1. The van der Waals surface area contributed by atoms with Gasteiger partial charge >= 0.3 is 0 Å². The number of H-pyrrole nitrogens is 1.